The van der Waals surface area contributed by atoms with E-state index in [1.807, 2.05) is 38.1 Å². The van der Waals surface area contributed by atoms with Gasteiger partial charge in [0.05, 0.1) is 17.8 Å². The van der Waals surface area contributed by atoms with Gasteiger partial charge in [-0.15, -0.1) is 0 Å². The highest BCUT2D eigenvalue weighted by atomic mass is 35.5. The van der Waals surface area contributed by atoms with E-state index in [0.717, 1.165) is 11.1 Å². The number of hydrazone groups is 1. The van der Waals surface area contributed by atoms with Crippen molar-refractivity contribution in [2.24, 2.45) is 5.10 Å². The molecular weight excluding hydrogens is 477 g/mol. The van der Waals surface area contributed by atoms with Gasteiger partial charge in [-0.3, -0.25) is 9.59 Å². The Balaban J connectivity index is 1.65. The number of para-hydroxylation sites is 1. The van der Waals surface area contributed by atoms with E-state index in [1.165, 1.54) is 6.21 Å². The average Bonchev–Trinajstić information content (AvgIpc) is 2.81. The van der Waals surface area contributed by atoms with Crippen LogP contribution in [0.15, 0.2) is 65.8 Å². The average molecular weight is 500 g/mol. The largest absolute Gasteiger partial charge is 0.490 e. The summed E-state index contributed by atoms with van der Waals surface area (Å²) in [6, 6.07) is 17.7. The van der Waals surface area contributed by atoms with Crippen molar-refractivity contribution in [1.82, 2.24) is 5.43 Å². The lowest BCUT2D eigenvalue weighted by Gasteiger charge is -2.14. The highest BCUT2D eigenvalue weighted by molar-refractivity contribution is 6.39. The number of amides is 2. The van der Waals surface area contributed by atoms with Crippen LogP contribution in [-0.2, 0) is 16.2 Å². The molecule has 2 N–H and O–H groups in total. The van der Waals surface area contributed by atoms with Gasteiger partial charge < -0.3 is 14.8 Å². The normalized spacial score (nSPS) is 10.7. The molecule has 9 heteroatoms. The van der Waals surface area contributed by atoms with Gasteiger partial charge in [0.25, 0.3) is 0 Å². The van der Waals surface area contributed by atoms with Crippen LogP contribution in [0.3, 0.4) is 0 Å². The van der Waals surface area contributed by atoms with Crippen LogP contribution in [0.25, 0.3) is 0 Å². The van der Waals surface area contributed by atoms with Gasteiger partial charge in [0.1, 0.15) is 6.61 Å². The van der Waals surface area contributed by atoms with E-state index in [0.29, 0.717) is 39.4 Å². The molecule has 0 aromatic heterocycles. The first-order chi connectivity index (χ1) is 16.4. The van der Waals surface area contributed by atoms with Crippen LogP contribution in [0.1, 0.15) is 23.6 Å². The van der Waals surface area contributed by atoms with Crippen LogP contribution in [-0.4, -0.2) is 24.6 Å². The Morgan fingerprint density at radius 1 is 1.00 bits per heavy atom. The van der Waals surface area contributed by atoms with Crippen molar-refractivity contribution in [1.29, 1.82) is 0 Å². The molecule has 0 saturated heterocycles. The predicted molar refractivity (Wildman–Crippen MR) is 134 cm³/mol. The van der Waals surface area contributed by atoms with Crippen molar-refractivity contribution < 1.29 is 19.1 Å². The molecule has 0 fully saturated rings. The fraction of sp³-hybridized carbons (Fsp3) is 0.160. The number of anilines is 1. The second-order valence-electron chi connectivity index (χ2n) is 7.15. The zero-order chi connectivity index (χ0) is 24.5. The van der Waals surface area contributed by atoms with Crippen LogP contribution in [0, 0.1) is 6.92 Å². The highest BCUT2D eigenvalue weighted by Crippen LogP contribution is 2.37. The van der Waals surface area contributed by atoms with Gasteiger partial charge in [0.2, 0.25) is 0 Å². The molecule has 7 nitrogen and oxygen atoms in total. The van der Waals surface area contributed by atoms with E-state index in [2.05, 4.69) is 15.8 Å². The minimum atomic E-state index is -0.904. The van der Waals surface area contributed by atoms with E-state index in [4.69, 9.17) is 32.7 Å². The van der Waals surface area contributed by atoms with Crippen LogP contribution in [0.2, 0.25) is 10.0 Å². The SMILES string of the molecule is CCOc1cc(/C=N\NC(=O)C(=O)Nc2ccccc2C)cc(Cl)c1OCc1ccc(Cl)cc1. The summed E-state index contributed by atoms with van der Waals surface area (Å²) < 4.78 is 11.5. The third-order valence-electron chi connectivity index (χ3n) is 4.61. The monoisotopic (exact) mass is 499 g/mol. The van der Waals surface area contributed by atoms with Crippen molar-refractivity contribution in [3.63, 3.8) is 0 Å². The molecule has 0 aliphatic rings. The second-order valence-corrected chi connectivity index (χ2v) is 7.99. The van der Waals surface area contributed by atoms with E-state index in [9.17, 15) is 9.59 Å². The molecule has 34 heavy (non-hydrogen) atoms. The number of nitrogens with zero attached hydrogens (tertiary/aromatic N) is 1. The number of rotatable bonds is 8. The van der Waals surface area contributed by atoms with Crippen molar-refractivity contribution >= 4 is 46.9 Å². The zero-order valence-electron chi connectivity index (χ0n) is 18.6. The topological polar surface area (TPSA) is 89.0 Å². The smallest absolute Gasteiger partial charge is 0.329 e. The summed E-state index contributed by atoms with van der Waals surface area (Å²) in [6.45, 7) is 4.33. The maximum atomic E-state index is 12.1. The van der Waals surface area contributed by atoms with E-state index in [-0.39, 0.29) is 6.61 Å². The number of benzene rings is 3. The van der Waals surface area contributed by atoms with Crippen molar-refractivity contribution in [3.8, 4) is 11.5 Å². The molecule has 0 spiro atoms. The maximum Gasteiger partial charge on any atom is 0.329 e. The molecule has 0 bridgehead atoms. The third-order valence-corrected chi connectivity index (χ3v) is 5.14. The van der Waals surface area contributed by atoms with Crippen LogP contribution >= 0.6 is 23.2 Å². The Morgan fingerprint density at radius 3 is 2.44 bits per heavy atom. The molecule has 0 radical (unpaired) electrons. The molecule has 0 atom stereocenters. The van der Waals surface area contributed by atoms with Gasteiger partial charge in [-0.1, -0.05) is 53.5 Å². The highest BCUT2D eigenvalue weighted by Gasteiger charge is 2.15. The van der Waals surface area contributed by atoms with Gasteiger partial charge in [-0.2, -0.15) is 5.10 Å². The Hall–Kier alpha value is -3.55. The van der Waals surface area contributed by atoms with Gasteiger partial charge in [-0.05, 0) is 60.9 Å². The van der Waals surface area contributed by atoms with Crippen LogP contribution in [0.4, 0.5) is 5.69 Å². The number of halogens is 2. The number of ether oxygens (including phenoxy) is 2. The fourth-order valence-electron chi connectivity index (χ4n) is 2.91. The molecule has 0 aliphatic heterocycles. The molecule has 3 aromatic rings. The van der Waals surface area contributed by atoms with Gasteiger partial charge in [0, 0.05) is 10.7 Å². The molecule has 0 aliphatic carbocycles. The fourth-order valence-corrected chi connectivity index (χ4v) is 3.31. The van der Waals surface area contributed by atoms with Crippen LogP contribution < -0.4 is 20.2 Å². The number of carbonyl (C=O) groups excluding carboxylic acids is 2. The zero-order valence-corrected chi connectivity index (χ0v) is 20.1. The summed E-state index contributed by atoms with van der Waals surface area (Å²) in [5.74, 6) is -0.921. The predicted octanol–water partition coefficient (Wildman–Crippen LogP) is 5.37. The Kier molecular flexibility index (Phi) is 8.90. The lowest BCUT2D eigenvalue weighted by Crippen LogP contribution is -2.32. The number of aryl methyl sites for hydroxylation is 1. The van der Waals surface area contributed by atoms with Crippen LogP contribution in [0.5, 0.6) is 11.5 Å². The Morgan fingerprint density at radius 2 is 1.74 bits per heavy atom. The van der Waals surface area contributed by atoms with Gasteiger partial charge in [-0.25, -0.2) is 5.43 Å². The minimum Gasteiger partial charge on any atom is -0.490 e. The standard InChI is InChI=1S/C25H23Cl2N3O4/c1-3-33-22-13-18(12-20(27)23(22)34-15-17-8-10-19(26)11-9-17)14-28-30-25(32)24(31)29-21-7-5-4-6-16(21)2/h4-14H,3,15H2,1-2H3,(H,29,31)(H,30,32)/b28-14-. The molecule has 0 heterocycles. The molecule has 2 amide bonds. The summed E-state index contributed by atoms with van der Waals surface area (Å²) in [7, 11) is 0. The summed E-state index contributed by atoms with van der Waals surface area (Å²) in [5, 5.41) is 7.34. The first kappa shape index (κ1) is 25.1. The molecule has 176 valence electrons. The van der Waals surface area contributed by atoms with Crippen molar-refractivity contribution in [2.45, 2.75) is 20.5 Å². The summed E-state index contributed by atoms with van der Waals surface area (Å²) in [6.07, 6.45) is 1.36. The van der Waals surface area contributed by atoms with E-state index in [1.54, 1.807) is 36.4 Å². The van der Waals surface area contributed by atoms with Gasteiger partial charge in [0.15, 0.2) is 11.5 Å². The van der Waals surface area contributed by atoms with E-state index >= 15 is 0 Å². The summed E-state index contributed by atoms with van der Waals surface area (Å²) >= 11 is 12.3. The molecule has 0 saturated carbocycles. The molecular formula is C25H23Cl2N3O4. The molecule has 3 rings (SSSR count). The number of hydrogen-bond donors (Lipinski definition) is 2. The molecule has 0 unspecified atom stereocenters. The third kappa shape index (κ3) is 6.97. The van der Waals surface area contributed by atoms with Crippen molar-refractivity contribution in [3.05, 3.63) is 87.4 Å². The second kappa shape index (κ2) is 12.1. The van der Waals surface area contributed by atoms with Crippen molar-refractivity contribution in [2.75, 3.05) is 11.9 Å². The Labute approximate surface area is 207 Å². The lowest BCUT2D eigenvalue weighted by molar-refractivity contribution is -0.136. The summed E-state index contributed by atoms with van der Waals surface area (Å²) in [4.78, 5) is 24.2. The number of nitrogens with one attached hydrogen (secondary N) is 2. The number of hydrogen-bond acceptors (Lipinski definition) is 5. The Bertz CT molecular complexity index is 1200. The van der Waals surface area contributed by atoms with Gasteiger partial charge >= 0.3 is 11.8 Å². The first-order valence-corrected chi connectivity index (χ1v) is 11.2. The maximum absolute atomic E-state index is 12.1. The quantitative estimate of drug-likeness (QED) is 0.247. The van der Waals surface area contributed by atoms with E-state index < -0.39 is 11.8 Å². The first-order valence-electron chi connectivity index (χ1n) is 10.4. The number of carbonyl (C=O) groups is 2. The molecule has 3 aromatic carbocycles. The minimum absolute atomic E-state index is 0.274. The summed E-state index contributed by atoms with van der Waals surface area (Å²) in [5.41, 5.74) is 5.05. The lowest BCUT2D eigenvalue weighted by atomic mass is 10.2.